The molecule has 0 saturated carbocycles. The minimum atomic E-state index is 0.133. The van der Waals surface area contributed by atoms with E-state index < -0.39 is 0 Å². The lowest BCUT2D eigenvalue weighted by Gasteiger charge is -2.41. The van der Waals surface area contributed by atoms with Crippen LogP contribution in [0.3, 0.4) is 0 Å². The SMILES string of the molecule is Cc1cccc(C)c1OC1CN(C(=O)C2CCOCC2)C1. The van der Waals surface area contributed by atoms with E-state index in [1.54, 1.807) is 0 Å². The average Bonchev–Trinajstić information content (AvgIpc) is 2.45. The van der Waals surface area contributed by atoms with Gasteiger partial charge in [0, 0.05) is 19.1 Å². The first-order valence-electron chi connectivity index (χ1n) is 7.74. The smallest absolute Gasteiger partial charge is 0.226 e. The Morgan fingerprint density at radius 3 is 2.43 bits per heavy atom. The van der Waals surface area contributed by atoms with E-state index in [1.807, 2.05) is 11.0 Å². The molecule has 0 radical (unpaired) electrons. The van der Waals surface area contributed by atoms with E-state index in [9.17, 15) is 4.79 Å². The zero-order valence-corrected chi connectivity index (χ0v) is 12.8. The van der Waals surface area contributed by atoms with Gasteiger partial charge in [-0.2, -0.15) is 0 Å². The third-order valence-corrected chi connectivity index (χ3v) is 4.42. The summed E-state index contributed by atoms with van der Waals surface area (Å²) in [5.41, 5.74) is 2.31. The molecule has 1 aromatic rings. The monoisotopic (exact) mass is 289 g/mol. The zero-order chi connectivity index (χ0) is 14.8. The minimum Gasteiger partial charge on any atom is -0.486 e. The van der Waals surface area contributed by atoms with Gasteiger partial charge in [-0.15, -0.1) is 0 Å². The Morgan fingerprint density at radius 1 is 1.19 bits per heavy atom. The highest BCUT2D eigenvalue weighted by Gasteiger charge is 2.36. The molecule has 0 atom stereocenters. The van der Waals surface area contributed by atoms with Crippen molar-refractivity contribution in [2.24, 2.45) is 5.92 Å². The van der Waals surface area contributed by atoms with Crippen LogP contribution in [-0.2, 0) is 9.53 Å². The Labute approximate surface area is 126 Å². The van der Waals surface area contributed by atoms with Gasteiger partial charge < -0.3 is 14.4 Å². The quantitative estimate of drug-likeness (QED) is 0.857. The van der Waals surface area contributed by atoms with Crippen LogP contribution < -0.4 is 4.74 Å². The van der Waals surface area contributed by atoms with E-state index in [-0.39, 0.29) is 17.9 Å². The molecule has 0 N–H and O–H groups in total. The summed E-state index contributed by atoms with van der Waals surface area (Å²) >= 11 is 0. The number of rotatable bonds is 3. The van der Waals surface area contributed by atoms with Gasteiger partial charge >= 0.3 is 0 Å². The van der Waals surface area contributed by atoms with Gasteiger partial charge in [0.05, 0.1) is 13.1 Å². The van der Waals surface area contributed by atoms with Crippen LogP contribution in [0.4, 0.5) is 0 Å². The molecule has 3 rings (SSSR count). The fourth-order valence-corrected chi connectivity index (χ4v) is 3.05. The third kappa shape index (κ3) is 3.05. The molecule has 114 valence electrons. The van der Waals surface area contributed by atoms with Crippen molar-refractivity contribution in [3.05, 3.63) is 29.3 Å². The minimum absolute atomic E-state index is 0.133. The molecule has 1 amide bonds. The molecule has 1 aromatic carbocycles. The molecule has 0 aromatic heterocycles. The summed E-state index contributed by atoms with van der Waals surface area (Å²) in [4.78, 5) is 14.3. The van der Waals surface area contributed by atoms with Crippen molar-refractivity contribution in [3.63, 3.8) is 0 Å². The zero-order valence-electron chi connectivity index (χ0n) is 12.8. The summed E-state index contributed by atoms with van der Waals surface area (Å²) in [6, 6.07) is 6.16. The van der Waals surface area contributed by atoms with Gasteiger partial charge in [0.1, 0.15) is 11.9 Å². The summed E-state index contributed by atoms with van der Waals surface area (Å²) in [7, 11) is 0. The van der Waals surface area contributed by atoms with Crippen LogP contribution in [0.2, 0.25) is 0 Å². The first kappa shape index (κ1) is 14.4. The topological polar surface area (TPSA) is 38.8 Å². The molecular weight excluding hydrogens is 266 g/mol. The maximum absolute atomic E-state index is 12.3. The van der Waals surface area contributed by atoms with Gasteiger partial charge in [0.15, 0.2) is 0 Å². The van der Waals surface area contributed by atoms with Crippen molar-refractivity contribution >= 4 is 5.91 Å². The molecule has 2 fully saturated rings. The molecular formula is C17H23NO3. The van der Waals surface area contributed by atoms with Crippen LogP contribution in [-0.4, -0.2) is 43.2 Å². The largest absolute Gasteiger partial charge is 0.486 e. The molecule has 0 spiro atoms. The van der Waals surface area contributed by atoms with Crippen molar-refractivity contribution in [3.8, 4) is 5.75 Å². The summed E-state index contributed by atoms with van der Waals surface area (Å²) < 4.78 is 11.4. The Morgan fingerprint density at radius 2 is 1.81 bits per heavy atom. The number of carbonyl (C=O) groups is 1. The molecule has 0 aliphatic carbocycles. The van der Waals surface area contributed by atoms with E-state index in [0.717, 1.165) is 29.7 Å². The Bertz CT molecular complexity index is 497. The Balaban J connectivity index is 1.52. The number of nitrogens with zero attached hydrogens (tertiary/aromatic N) is 1. The van der Waals surface area contributed by atoms with Gasteiger partial charge in [-0.05, 0) is 37.8 Å². The van der Waals surface area contributed by atoms with Crippen molar-refractivity contribution in [1.29, 1.82) is 0 Å². The summed E-state index contributed by atoms with van der Waals surface area (Å²) in [5.74, 6) is 1.40. The lowest BCUT2D eigenvalue weighted by Crippen LogP contribution is -2.58. The van der Waals surface area contributed by atoms with Crippen molar-refractivity contribution in [1.82, 2.24) is 4.90 Å². The summed E-state index contributed by atoms with van der Waals surface area (Å²) in [6.45, 7) is 6.98. The Kier molecular flexibility index (Phi) is 4.15. The fourth-order valence-electron chi connectivity index (χ4n) is 3.05. The first-order valence-corrected chi connectivity index (χ1v) is 7.74. The Hall–Kier alpha value is -1.55. The van der Waals surface area contributed by atoms with Crippen LogP contribution in [0, 0.1) is 19.8 Å². The molecule has 2 saturated heterocycles. The molecule has 2 heterocycles. The van der Waals surface area contributed by atoms with Crippen molar-refractivity contribution in [2.75, 3.05) is 26.3 Å². The highest BCUT2D eigenvalue weighted by atomic mass is 16.5. The number of hydrogen-bond acceptors (Lipinski definition) is 3. The molecule has 4 nitrogen and oxygen atoms in total. The normalized spacial score (nSPS) is 20.2. The number of benzene rings is 1. The lowest BCUT2D eigenvalue weighted by molar-refractivity contribution is -0.147. The first-order chi connectivity index (χ1) is 10.1. The second-order valence-electron chi connectivity index (χ2n) is 6.09. The lowest BCUT2D eigenvalue weighted by atomic mass is 9.96. The van der Waals surface area contributed by atoms with E-state index in [0.29, 0.717) is 26.3 Å². The van der Waals surface area contributed by atoms with E-state index in [4.69, 9.17) is 9.47 Å². The van der Waals surface area contributed by atoms with Crippen LogP contribution >= 0.6 is 0 Å². The second-order valence-corrected chi connectivity index (χ2v) is 6.09. The van der Waals surface area contributed by atoms with E-state index in [1.165, 1.54) is 0 Å². The number of para-hydroxylation sites is 1. The van der Waals surface area contributed by atoms with E-state index >= 15 is 0 Å². The van der Waals surface area contributed by atoms with Gasteiger partial charge in [-0.3, -0.25) is 4.79 Å². The van der Waals surface area contributed by atoms with Crippen LogP contribution in [0.1, 0.15) is 24.0 Å². The fraction of sp³-hybridized carbons (Fsp3) is 0.588. The van der Waals surface area contributed by atoms with Crippen LogP contribution in [0.5, 0.6) is 5.75 Å². The van der Waals surface area contributed by atoms with Gasteiger partial charge in [-0.25, -0.2) is 0 Å². The highest BCUT2D eigenvalue weighted by molar-refractivity contribution is 5.79. The van der Waals surface area contributed by atoms with E-state index in [2.05, 4.69) is 26.0 Å². The molecule has 21 heavy (non-hydrogen) atoms. The number of amides is 1. The number of aryl methyl sites for hydroxylation is 2. The number of hydrogen-bond donors (Lipinski definition) is 0. The number of carbonyl (C=O) groups excluding carboxylic acids is 1. The predicted octanol–water partition coefficient (Wildman–Crippen LogP) is 2.32. The molecule has 2 aliphatic heterocycles. The molecule has 4 heteroatoms. The molecule has 0 unspecified atom stereocenters. The van der Waals surface area contributed by atoms with Crippen LogP contribution in [0.15, 0.2) is 18.2 Å². The van der Waals surface area contributed by atoms with Crippen molar-refractivity contribution < 1.29 is 14.3 Å². The summed E-state index contributed by atoms with van der Waals surface area (Å²) in [6.07, 6.45) is 1.85. The highest BCUT2D eigenvalue weighted by Crippen LogP contribution is 2.27. The average molecular weight is 289 g/mol. The van der Waals surface area contributed by atoms with Gasteiger partial charge in [0.25, 0.3) is 0 Å². The predicted molar refractivity (Wildman–Crippen MR) is 80.5 cm³/mol. The van der Waals surface area contributed by atoms with Crippen LogP contribution in [0.25, 0.3) is 0 Å². The maximum atomic E-state index is 12.3. The van der Waals surface area contributed by atoms with Gasteiger partial charge in [0.2, 0.25) is 5.91 Å². The second kappa shape index (κ2) is 6.06. The molecule has 0 bridgehead atoms. The number of likely N-dealkylation sites (tertiary alicyclic amines) is 1. The van der Waals surface area contributed by atoms with Crippen molar-refractivity contribution in [2.45, 2.75) is 32.8 Å². The number of ether oxygens (including phenoxy) is 2. The summed E-state index contributed by atoms with van der Waals surface area (Å²) in [5, 5.41) is 0. The third-order valence-electron chi connectivity index (χ3n) is 4.42. The molecule has 2 aliphatic rings. The standard InChI is InChI=1S/C17H23NO3/c1-12-4-3-5-13(2)16(12)21-15-10-18(11-15)17(19)14-6-8-20-9-7-14/h3-5,14-15H,6-11H2,1-2H3. The van der Waals surface area contributed by atoms with Gasteiger partial charge in [-0.1, -0.05) is 18.2 Å². The maximum Gasteiger partial charge on any atom is 0.226 e.